The first-order valence-corrected chi connectivity index (χ1v) is 9.84. The molecule has 1 aromatic carbocycles. The molecule has 0 saturated carbocycles. The van der Waals surface area contributed by atoms with Gasteiger partial charge in [0.25, 0.3) is 0 Å². The van der Waals surface area contributed by atoms with Gasteiger partial charge in [0.2, 0.25) is 5.91 Å². The quantitative estimate of drug-likeness (QED) is 0.900. The molecule has 26 heavy (non-hydrogen) atoms. The zero-order valence-corrected chi connectivity index (χ0v) is 17.0. The highest BCUT2D eigenvalue weighted by Crippen LogP contribution is 2.31. The average Bonchev–Trinajstić information content (AvgIpc) is 2.62. The number of nitrogens with one attached hydrogen (secondary N) is 1. The van der Waals surface area contributed by atoms with Crippen molar-refractivity contribution in [3.63, 3.8) is 0 Å². The Morgan fingerprint density at radius 3 is 2.31 bits per heavy atom. The third kappa shape index (κ3) is 3.74. The second-order valence-electron chi connectivity index (χ2n) is 8.34. The number of carbonyl (C=O) groups is 1. The molecule has 2 fully saturated rings. The van der Waals surface area contributed by atoms with E-state index in [0.29, 0.717) is 0 Å². The Bertz CT molecular complexity index is 631. The zero-order valence-electron chi connectivity index (χ0n) is 17.0. The van der Waals surface area contributed by atoms with Gasteiger partial charge in [0, 0.05) is 44.0 Å². The second-order valence-corrected chi connectivity index (χ2v) is 8.34. The lowest BCUT2D eigenvalue weighted by Crippen LogP contribution is -2.64. The Kier molecular flexibility index (Phi) is 5.58. The van der Waals surface area contributed by atoms with E-state index in [9.17, 15) is 4.79 Å². The number of anilines is 1. The lowest BCUT2D eigenvalue weighted by Gasteiger charge is -2.52. The van der Waals surface area contributed by atoms with E-state index < -0.39 is 0 Å². The first-order valence-electron chi connectivity index (χ1n) is 9.84. The normalized spacial score (nSPS) is 22.4. The van der Waals surface area contributed by atoms with Crippen LogP contribution in [0.15, 0.2) is 18.2 Å². The van der Waals surface area contributed by atoms with E-state index in [-0.39, 0.29) is 17.5 Å². The van der Waals surface area contributed by atoms with Gasteiger partial charge < -0.3 is 15.1 Å². The minimum absolute atomic E-state index is 0.199. The minimum Gasteiger partial charge on any atom is -0.373 e. The molecule has 1 aromatic rings. The van der Waals surface area contributed by atoms with Crippen LogP contribution in [0.25, 0.3) is 0 Å². The molecule has 0 unspecified atom stereocenters. The van der Waals surface area contributed by atoms with E-state index in [1.54, 1.807) is 0 Å². The van der Waals surface area contributed by atoms with Crippen LogP contribution in [0.5, 0.6) is 0 Å². The molecule has 1 spiro atoms. The van der Waals surface area contributed by atoms with Crippen LogP contribution in [0.1, 0.15) is 30.9 Å². The number of aryl methyl sites for hydroxylation is 2. The van der Waals surface area contributed by atoms with Gasteiger partial charge in [-0.25, -0.2) is 0 Å². The SMILES string of the molecule is Cc1cccc(C)c1N[C@H](C)C(=O)N1CCC2(CC1)CN(C)CCN2C. The second kappa shape index (κ2) is 7.57. The van der Waals surface area contributed by atoms with Crippen molar-refractivity contribution in [3.8, 4) is 0 Å². The minimum atomic E-state index is -0.199. The van der Waals surface area contributed by atoms with Crippen LogP contribution in [0.2, 0.25) is 0 Å². The molecule has 144 valence electrons. The zero-order chi connectivity index (χ0) is 18.9. The highest BCUT2D eigenvalue weighted by Gasteiger charge is 2.42. The van der Waals surface area contributed by atoms with Crippen molar-refractivity contribution in [2.24, 2.45) is 0 Å². The van der Waals surface area contributed by atoms with Crippen LogP contribution in [-0.2, 0) is 4.79 Å². The lowest BCUT2D eigenvalue weighted by molar-refractivity contribution is -0.135. The van der Waals surface area contributed by atoms with E-state index in [4.69, 9.17) is 0 Å². The molecule has 5 nitrogen and oxygen atoms in total. The van der Waals surface area contributed by atoms with Crippen molar-refractivity contribution < 1.29 is 4.79 Å². The third-order valence-electron chi connectivity index (χ3n) is 6.41. The van der Waals surface area contributed by atoms with E-state index in [0.717, 1.165) is 51.3 Å². The van der Waals surface area contributed by atoms with Crippen LogP contribution < -0.4 is 5.32 Å². The molecular formula is C21H34N4O. The Morgan fingerprint density at radius 2 is 1.69 bits per heavy atom. The Balaban J connectivity index is 1.61. The fourth-order valence-electron chi connectivity index (χ4n) is 4.54. The van der Waals surface area contributed by atoms with Gasteiger partial charge in [-0.3, -0.25) is 9.69 Å². The molecule has 3 rings (SSSR count). The summed E-state index contributed by atoms with van der Waals surface area (Å²) in [5.74, 6) is 0.217. The largest absolute Gasteiger partial charge is 0.373 e. The molecule has 0 aromatic heterocycles. The van der Waals surface area contributed by atoms with Gasteiger partial charge in [-0.1, -0.05) is 18.2 Å². The molecule has 0 bridgehead atoms. The number of rotatable bonds is 3. The van der Waals surface area contributed by atoms with E-state index in [2.05, 4.69) is 66.2 Å². The van der Waals surface area contributed by atoms with Crippen molar-refractivity contribution >= 4 is 11.6 Å². The summed E-state index contributed by atoms with van der Waals surface area (Å²) >= 11 is 0. The summed E-state index contributed by atoms with van der Waals surface area (Å²) < 4.78 is 0. The summed E-state index contributed by atoms with van der Waals surface area (Å²) in [5.41, 5.74) is 3.71. The molecule has 1 amide bonds. The highest BCUT2D eigenvalue weighted by molar-refractivity contribution is 5.85. The van der Waals surface area contributed by atoms with Crippen molar-refractivity contribution in [2.45, 2.75) is 45.2 Å². The maximum Gasteiger partial charge on any atom is 0.244 e. The number of likely N-dealkylation sites (N-methyl/N-ethyl adjacent to an activating group) is 2. The van der Waals surface area contributed by atoms with Gasteiger partial charge in [0.15, 0.2) is 0 Å². The van der Waals surface area contributed by atoms with Gasteiger partial charge in [0.05, 0.1) is 0 Å². The van der Waals surface area contributed by atoms with E-state index >= 15 is 0 Å². The monoisotopic (exact) mass is 358 g/mol. The summed E-state index contributed by atoms with van der Waals surface area (Å²) in [6.07, 6.45) is 2.13. The molecule has 1 atom stereocenters. The fraction of sp³-hybridized carbons (Fsp3) is 0.667. The van der Waals surface area contributed by atoms with Crippen LogP contribution in [-0.4, -0.2) is 79.0 Å². The molecule has 1 N–H and O–H groups in total. The maximum absolute atomic E-state index is 13.0. The molecule has 0 radical (unpaired) electrons. The number of nitrogens with zero attached hydrogens (tertiary/aromatic N) is 3. The summed E-state index contributed by atoms with van der Waals surface area (Å²) in [6, 6.07) is 6.04. The molecular weight excluding hydrogens is 324 g/mol. The average molecular weight is 359 g/mol. The summed E-state index contributed by atoms with van der Waals surface area (Å²) in [6.45, 7) is 11.2. The number of benzene rings is 1. The van der Waals surface area contributed by atoms with Crippen LogP contribution >= 0.6 is 0 Å². The smallest absolute Gasteiger partial charge is 0.244 e. The van der Waals surface area contributed by atoms with Crippen molar-refractivity contribution in [1.82, 2.24) is 14.7 Å². The molecule has 2 aliphatic rings. The van der Waals surface area contributed by atoms with E-state index in [1.807, 2.05) is 6.92 Å². The van der Waals surface area contributed by atoms with E-state index in [1.165, 1.54) is 11.1 Å². The lowest BCUT2D eigenvalue weighted by atomic mass is 9.83. The Labute approximate surface area is 158 Å². The predicted molar refractivity (Wildman–Crippen MR) is 108 cm³/mol. The fourth-order valence-corrected chi connectivity index (χ4v) is 4.54. The van der Waals surface area contributed by atoms with Crippen molar-refractivity contribution in [1.29, 1.82) is 0 Å². The van der Waals surface area contributed by atoms with Crippen LogP contribution in [0.3, 0.4) is 0 Å². The first kappa shape index (κ1) is 19.2. The van der Waals surface area contributed by atoms with Gasteiger partial charge in [0.1, 0.15) is 6.04 Å². The highest BCUT2D eigenvalue weighted by atomic mass is 16.2. The number of piperidine rings is 1. The number of likely N-dealkylation sites (tertiary alicyclic amines) is 1. The number of piperazine rings is 1. The summed E-state index contributed by atoms with van der Waals surface area (Å²) in [7, 11) is 4.46. The molecule has 2 saturated heterocycles. The maximum atomic E-state index is 13.0. The molecule has 2 heterocycles. The Morgan fingerprint density at radius 1 is 1.08 bits per heavy atom. The molecule has 5 heteroatoms. The van der Waals surface area contributed by atoms with Gasteiger partial charge >= 0.3 is 0 Å². The molecule has 0 aliphatic carbocycles. The van der Waals surface area contributed by atoms with Crippen LogP contribution in [0.4, 0.5) is 5.69 Å². The molecule has 2 aliphatic heterocycles. The number of amides is 1. The number of hydrogen-bond acceptors (Lipinski definition) is 4. The number of hydrogen-bond donors (Lipinski definition) is 1. The predicted octanol–water partition coefficient (Wildman–Crippen LogP) is 2.34. The standard InChI is InChI=1S/C21H34N4O/c1-16-7-6-8-17(2)19(16)22-18(3)20(26)25-11-9-21(10-12-25)15-23(4)13-14-24(21)5/h6-8,18,22H,9-15H2,1-5H3/t18-/m1/s1. The first-order chi connectivity index (χ1) is 12.3. The van der Waals surface area contributed by atoms with Crippen LogP contribution in [0, 0.1) is 13.8 Å². The number of para-hydroxylation sites is 1. The Hall–Kier alpha value is -1.59. The van der Waals surface area contributed by atoms with Gasteiger partial charge in [-0.05, 0) is 58.8 Å². The van der Waals surface area contributed by atoms with Crippen molar-refractivity contribution in [2.75, 3.05) is 52.1 Å². The topological polar surface area (TPSA) is 38.8 Å². The van der Waals surface area contributed by atoms with Crippen molar-refractivity contribution in [3.05, 3.63) is 29.3 Å². The number of carbonyl (C=O) groups excluding carboxylic acids is 1. The van der Waals surface area contributed by atoms with Gasteiger partial charge in [-0.15, -0.1) is 0 Å². The summed E-state index contributed by atoms with van der Waals surface area (Å²) in [5, 5.41) is 3.45. The summed E-state index contributed by atoms with van der Waals surface area (Å²) in [4.78, 5) is 20.0. The van der Waals surface area contributed by atoms with Gasteiger partial charge in [-0.2, -0.15) is 0 Å². The third-order valence-corrected chi connectivity index (χ3v) is 6.41.